The number of fused-ring (bicyclic) bond motifs is 3. The number of carbonyl (C=O) groups is 1. The lowest BCUT2D eigenvalue weighted by Gasteiger charge is -2.46. The molecule has 138 valence electrons. The number of allylic oxidation sites excluding steroid dienone is 2. The average molecular weight is 381 g/mol. The smallest absolute Gasteiger partial charge is 0.250 e. The van der Waals surface area contributed by atoms with Gasteiger partial charge in [-0.05, 0) is 36.0 Å². The zero-order chi connectivity index (χ0) is 19.4. The minimum Gasteiger partial charge on any atom is -0.293 e. The predicted octanol–water partition coefficient (Wildman–Crippen LogP) is 2.21. The van der Waals surface area contributed by atoms with Gasteiger partial charge < -0.3 is 0 Å². The van der Waals surface area contributed by atoms with Crippen molar-refractivity contribution < 1.29 is 13.2 Å². The summed E-state index contributed by atoms with van der Waals surface area (Å²) < 4.78 is 25.1. The number of aryl methyl sites for hydroxylation is 1. The molecular weight excluding hydrogens is 362 g/mol. The lowest BCUT2D eigenvalue weighted by molar-refractivity contribution is -0.121. The summed E-state index contributed by atoms with van der Waals surface area (Å²) in [6.45, 7) is 1.85. The van der Waals surface area contributed by atoms with Crippen molar-refractivity contribution in [3.05, 3.63) is 65.0 Å². The van der Waals surface area contributed by atoms with E-state index in [9.17, 15) is 18.5 Å². The number of ketones is 1. The summed E-state index contributed by atoms with van der Waals surface area (Å²) in [6, 6.07) is 11.7. The summed E-state index contributed by atoms with van der Waals surface area (Å²) in [5.74, 6) is -0.582. The Morgan fingerprint density at radius 3 is 2.63 bits per heavy atom. The molecule has 0 aliphatic heterocycles. The Hall–Kier alpha value is -2.72. The van der Waals surface area contributed by atoms with Crippen LogP contribution in [0.25, 0.3) is 0 Å². The van der Waals surface area contributed by atoms with Gasteiger partial charge in [0, 0.05) is 12.1 Å². The molecule has 0 saturated carbocycles. The molecule has 0 radical (unpaired) electrons. The molecule has 7 heteroatoms. The van der Waals surface area contributed by atoms with E-state index < -0.39 is 15.4 Å². The third-order valence-corrected chi connectivity index (χ3v) is 6.70. The van der Waals surface area contributed by atoms with E-state index in [0.29, 0.717) is 12.1 Å². The van der Waals surface area contributed by atoms with Gasteiger partial charge in [-0.15, -0.1) is 0 Å². The molecule has 27 heavy (non-hydrogen) atoms. The maximum atomic E-state index is 12.6. The topological polar surface area (TPSA) is 92.8 Å². The normalized spacial score (nSPS) is 27.3. The Morgan fingerprint density at radius 2 is 2.00 bits per heavy atom. The van der Waals surface area contributed by atoms with Gasteiger partial charge >= 0.3 is 0 Å². The highest BCUT2D eigenvalue weighted by atomic mass is 32.2. The monoisotopic (exact) mass is 381 g/mol. The van der Waals surface area contributed by atoms with Crippen LogP contribution < -0.4 is 0 Å². The standard InChI is InChI=1S/C20H19N3O3S/c1-13-17-9-8-14-12-23(27(2,25)26)22-19(14)20(17,10-15(11-21)18(13)24)16-6-4-3-5-7-16/h3-7,10,12-13,17H,8-9H2,1-2H3/t13-,17-,20+/m0/s1. The molecule has 0 fully saturated rings. The second kappa shape index (κ2) is 5.89. The fraction of sp³-hybridized carbons (Fsp3) is 0.350. The molecule has 1 heterocycles. The van der Waals surface area contributed by atoms with Crippen molar-refractivity contribution in [1.29, 1.82) is 5.26 Å². The van der Waals surface area contributed by atoms with Crippen molar-refractivity contribution in [2.75, 3.05) is 6.26 Å². The molecule has 0 unspecified atom stereocenters. The van der Waals surface area contributed by atoms with Crippen LogP contribution in [0.3, 0.4) is 0 Å². The molecule has 1 aromatic heterocycles. The summed E-state index contributed by atoms with van der Waals surface area (Å²) >= 11 is 0. The first kappa shape index (κ1) is 17.7. The van der Waals surface area contributed by atoms with Crippen LogP contribution in [-0.4, -0.2) is 29.6 Å². The molecule has 0 bridgehead atoms. The summed E-state index contributed by atoms with van der Waals surface area (Å²) in [5.41, 5.74) is 1.72. The van der Waals surface area contributed by atoms with Crippen LogP contribution in [0.4, 0.5) is 0 Å². The first-order chi connectivity index (χ1) is 12.8. The Labute approximate surface area is 158 Å². The molecule has 2 aliphatic rings. The molecule has 4 rings (SSSR count). The van der Waals surface area contributed by atoms with E-state index in [1.807, 2.05) is 43.3 Å². The summed E-state index contributed by atoms with van der Waals surface area (Å²) in [4.78, 5) is 12.6. The van der Waals surface area contributed by atoms with Crippen LogP contribution >= 0.6 is 0 Å². The largest absolute Gasteiger partial charge is 0.293 e. The number of hydrogen-bond donors (Lipinski definition) is 0. The van der Waals surface area contributed by atoms with E-state index in [2.05, 4.69) is 5.10 Å². The minimum absolute atomic E-state index is 0.0834. The number of nitrogens with zero attached hydrogens (tertiary/aromatic N) is 3. The van der Waals surface area contributed by atoms with Crippen LogP contribution in [-0.2, 0) is 26.7 Å². The van der Waals surface area contributed by atoms with E-state index in [-0.39, 0.29) is 23.2 Å². The molecule has 1 aromatic carbocycles. The van der Waals surface area contributed by atoms with Crippen molar-refractivity contribution >= 4 is 15.8 Å². The maximum Gasteiger partial charge on any atom is 0.250 e. The highest BCUT2D eigenvalue weighted by molar-refractivity contribution is 7.89. The van der Waals surface area contributed by atoms with Crippen molar-refractivity contribution in [1.82, 2.24) is 9.19 Å². The van der Waals surface area contributed by atoms with Gasteiger partial charge in [0.05, 0.1) is 22.9 Å². The lowest BCUT2D eigenvalue weighted by Crippen LogP contribution is -2.48. The Morgan fingerprint density at radius 1 is 1.30 bits per heavy atom. The number of nitriles is 1. The molecular formula is C20H19N3O3S. The van der Waals surface area contributed by atoms with Crippen molar-refractivity contribution in [2.24, 2.45) is 11.8 Å². The van der Waals surface area contributed by atoms with Gasteiger partial charge in [0.25, 0.3) is 10.0 Å². The zero-order valence-corrected chi connectivity index (χ0v) is 15.9. The highest BCUT2D eigenvalue weighted by Gasteiger charge is 2.53. The molecule has 2 aliphatic carbocycles. The van der Waals surface area contributed by atoms with Gasteiger partial charge in [0.2, 0.25) is 0 Å². The van der Waals surface area contributed by atoms with Crippen LogP contribution in [0, 0.1) is 23.2 Å². The third-order valence-electron chi connectivity index (χ3n) is 5.84. The van der Waals surface area contributed by atoms with Crippen molar-refractivity contribution in [3.63, 3.8) is 0 Å². The summed E-state index contributed by atoms with van der Waals surface area (Å²) in [7, 11) is -3.53. The molecule has 0 spiro atoms. The molecule has 0 N–H and O–H groups in total. The number of hydrogen-bond acceptors (Lipinski definition) is 5. The molecule has 6 nitrogen and oxygen atoms in total. The van der Waals surface area contributed by atoms with Gasteiger partial charge in [-0.1, -0.05) is 37.3 Å². The average Bonchev–Trinajstić information content (AvgIpc) is 3.10. The Balaban J connectivity index is 2.09. The Kier molecular flexibility index (Phi) is 3.86. The van der Waals surface area contributed by atoms with Crippen LogP contribution in [0.5, 0.6) is 0 Å². The van der Waals surface area contributed by atoms with Gasteiger partial charge in [0.15, 0.2) is 5.78 Å². The van der Waals surface area contributed by atoms with Crippen molar-refractivity contribution in [2.45, 2.75) is 25.2 Å². The number of benzene rings is 1. The van der Waals surface area contributed by atoms with E-state index >= 15 is 0 Å². The second-order valence-electron chi connectivity index (χ2n) is 7.34. The first-order valence-electron chi connectivity index (χ1n) is 8.81. The predicted molar refractivity (Wildman–Crippen MR) is 99.4 cm³/mol. The third kappa shape index (κ3) is 2.47. The lowest BCUT2D eigenvalue weighted by atomic mass is 9.54. The summed E-state index contributed by atoms with van der Waals surface area (Å²) in [5, 5.41) is 14.0. The van der Waals surface area contributed by atoms with Crippen LogP contribution in [0.1, 0.15) is 30.2 Å². The van der Waals surface area contributed by atoms with Gasteiger partial charge in [-0.25, -0.2) is 8.42 Å². The fourth-order valence-corrected chi connectivity index (χ4v) is 5.13. The van der Waals surface area contributed by atoms with Crippen molar-refractivity contribution in [3.8, 4) is 6.07 Å². The molecule has 3 atom stereocenters. The Bertz CT molecular complexity index is 1110. The quantitative estimate of drug-likeness (QED) is 0.795. The van der Waals surface area contributed by atoms with Crippen LogP contribution in [0.15, 0.2) is 48.2 Å². The highest BCUT2D eigenvalue weighted by Crippen LogP contribution is 2.53. The molecule has 0 amide bonds. The van der Waals surface area contributed by atoms with Crippen LogP contribution in [0.2, 0.25) is 0 Å². The first-order valence-corrected chi connectivity index (χ1v) is 10.7. The summed E-state index contributed by atoms with van der Waals surface area (Å²) in [6.07, 6.45) is 5.76. The van der Waals surface area contributed by atoms with E-state index in [0.717, 1.165) is 27.9 Å². The maximum absolute atomic E-state index is 12.6. The number of Topliss-reactive ketones (excluding diaryl/α,β-unsaturated/α-hetero) is 1. The molecule has 0 saturated heterocycles. The van der Waals surface area contributed by atoms with E-state index in [1.54, 1.807) is 12.3 Å². The number of aromatic nitrogens is 2. The number of carbonyl (C=O) groups excluding carboxylic acids is 1. The zero-order valence-electron chi connectivity index (χ0n) is 15.1. The van der Waals surface area contributed by atoms with Gasteiger partial charge in [-0.3, -0.25) is 4.79 Å². The van der Waals surface area contributed by atoms with Gasteiger partial charge in [0.1, 0.15) is 6.07 Å². The van der Waals surface area contributed by atoms with E-state index in [4.69, 9.17) is 0 Å². The SMILES string of the molecule is C[C@@H]1C(=O)C(C#N)=C[C@]2(c3ccccc3)c3nn(S(C)(=O)=O)cc3CC[C@@H]12. The van der Waals surface area contributed by atoms with Gasteiger partial charge in [-0.2, -0.15) is 14.4 Å². The number of rotatable bonds is 2. The second-order valence-corrected chi connectivity index (χ2v) is 9.18. The fourth-order valence-electron chi connectivity index (χ4n) is 4.58. The van der Waals surface area contributed by atoms with E-state index in [1.165, 1.54) is 0 Å². The minimum atomic E-state index is -3.53. The molecule has 2 aromatic rings.